The summed E-state index contributed by atoms with van der Waals surface area (Å²) in [6.07, 6.45) is 2.53. The summed E-state index contributed by atoms with van der Waals surface area (Å²) in [5.74, 6) is 2.85. The van der Waals surface area contributed by atoms with Crippen LogP contribution in [0.25, 0.3) is 0 Å². The second-order valence-corrected chi connectivity index (χ2v) is 5.35. The van der Waals surface area contributed by atoms with Crippen LogP contribution in [0.2, 0.25) is 0 Å². The maximum absolute atomic E-state index is 5.79. The topological polar surface area (TPSA) is 26.0 Å². The Morgan fingerprint density at radius 2 is 1.69 bits per heavy atom. The van der Waals surface area contributed by atoms with Crippen molar-refractivity contribution in [1.29, 1.82) is 0 Å². The first-order chi connectivity index (χ1) is 6.15. The smallest absolute Gasteiger partial charge is 0.0198 e. The molecule has 0 bridgehead atoms. The first-order valence-electron chi connectivity index (χ1n) is 5.47. The van der Waals surface area contributed by atoms with E-state index in [9.17, 15) is 0 Å². The molecule has 0 rings (SSSR count). The summed E-state index contributed by atoms with van der Waals surface area (Å²) < 4.78 is 0. The van der Waals surface area contributed by atoms with Gasteiger partial charge in [-0.15, -0.1) is 0 Å². The second-order valence-electron chi connectivity index (χ2n) is 4.08. The summed E-state index contributed by atoms with van der Waals surface area (Å²) >= 11 is 2.06. The van der Waals surface area contributed by atoms with Gasteiger partial charge in [-0.1, -0.05) is 40.5 Å². The fraction of sp³-hybridized carbons (Fsp3) is 1.00. The highest BCUT2D eigenvalue weighted by Gasteiger charge is 2.17. The molecular weight excluding hydrogens is 178 g/mol. The molecule has 0 saturated heterocycles. The van der Waals surface area contributed by atoms with Crippen LogP contribution in [0.15, 0.2) is 0 Å². The van der Waals surface area contributed by atoms with Crippen LogP contribution in [0, 0.1) is 11.8 Å². The van der Waals surface area contributed by atoms with Crippen molar-refractivity contribution in [3.63, 3.8) is 0 Å². The van der Waals surface area contributed by atoms with Crippen molar-refractivity contribution >= 4 is 11.8 Å². The van der Waals surface area contributed by atoms with Gasteiger partial charge in [0.25, 0.3) is 0 Å². The average Bonchev–Trinajstić information content (AvgIpc) is 2.11. The summed E-state index contributed by atoms with van der Waals surface area (Å²) in [6.45, 7) is 9.92. The molecule has 1 nitrogen and oxygen atoms in total. The molecular formula is C11H25NS. The van der Waals surface area contributed by atoms with Gasteiger partial charge >= 0.3 is 0 Å². The van der Waals surface area contributed by atoms with Crippen LogP contribution < -0.4 is 5.73 Å². The third-order valence-electron chi connectivity index (χ3n) is 2.45. The Kier molecular flexibility index (Phi) is 7.87. The summed E-state index contributed by atoms with van der Waals surface area (Å²) in [6, 6.07) is 0. The second kappa shape index (κ2) is 7.69. The van der Waals surface area contributed by atoms with E-state index in [1.807, 2.05) is 0 Å². The van der Waals surface area contributed by atoms with E-state index in [0.717, 1.165) is 18.4 Å². The van der Waals surface area contributed by atoms with Gasteiger partial charge in [-0.25, -0.2) is 0 Å². The van der Waals surface area contributed by atoms with Crippen molar-refractivity contribution in [3.8, 4) is 0 Å². The normalized spacial score (nSPS) is 14.1. The van der Waals surface area contributed by atoms with Crippen molar-refractivity contribution in [1.82, 2.24) is 0 Å². The lowest BCUT2D eigenvalue weighted by Crippen LogP contribution is -2.26. The fourth-order valence-electron chi connectivity index (χ4n) is 1.53. The van der Waals surface area contributed by atoms with E-state index in [1.165, 1.54) is 18.6 Å². The van der Waals surface area contributed by atoms with Crippen LogP contribution in [-0.2, 0) is 0 Å². The van der Waals surface area contributed by atoms with Crippen LogP contribution in [0.1, 0.15) is 40.5 Å². The lowest BCUT2D eigenvalue weighted by molar-refractivity contribution is 0.474. The zero-order valence-corrected chi connectivity index (χ0v) is 10.4. The minimum absolute atomic E-state index is 0.678. The molecule has 1 unspecified atom stereocenters. The van der Waals surface area contributed by atoms with Crippen LogP contribution in [-0.4, -0.2) is 17.5 Å². The summed E-state index contributed by atoms with van der Waals surface area (Å²) in [7, 11) is 0. The minimum atomic E-state index is 0.678. The Hall–Kier alpha value is 0.310. The number of nitrogens with two attached hydrogens (primary N) is 1. The molecule has 0 spiro atoms. The van der Waals surface area contributed by atoms with E-state index in [0.29, 0.717) is 5.25 Å². The van der Waals surface area contributed by atoms with Gasteiger partial charge in [0.1, 0.15) is 0 Å². The summed E-state index contributed by atoms with van der Waals surface area (Å²) in [5.41, 5.74) is 5.79. The molecule has 80 valence electrons. The Morgan fingerprint density at radius 3 is 2.00 bits per heavy atom. The van der Waals surface area contributed by atoms with Gasteiger partial charge in [0.05, 0.1) is 0 Å². The highest BCUT2D eigenvalue weighted by Crippen LogP contribution is 2.25. The third-order valence-corrected chi connectivity index (χ3v) is 4.32. The Labute approximate surface area is 87.9 Å². The molecule has 0 radical (unpaired) electrons. The van der Waals surface area contributed by atoms with Crippen molar-refractivity contribution in [2.75, 3.05) is 12.3 Å². The minimum Gasteiger partial charge on any atom is -0.329 e. The molecule has 0 amide bonds. The van der Waals surface area contributed by atoms with Gasteiger partial charge in [0, 0.05) is 11.8 Å². The predicted molar refractivity (Wildman–Crippen MR) is 64.2 cm³/mol. The molecule has 0 heterocycles. The molecule has 13 heavy (non-hydrogen) atoms. The quantitative estimate of drug-likeness (QED) is 0.688. The molecule has 0 aromatic heterocycles. The molecule has 0 aromatic rings. The molecule has 0 fully saturated rings. The van der Waals surface area contributed by atoms with Gasteiger partial charge in [-0.05, 0) is 17.6 Å². The molecule has 0 aliphatic carbocycles. The Balaban J connectivity index is 3.85. The van der Waals surface area contributed by atoms with Crippen molar-refractivity contribution in [3.05, 3.63) is 0 Å². The first-order valence-corrected chi connectivity index (χ1v) is 6.52. The van der Waals surface area contributed by atoms with Crippen LogP contribution >= 0.6 is 11.8 Å². The molecule has 0 aromatic carbocycles. The molecule has 2 heteroatoms. The monoisotopic (exact) mass is 203 g/mol. The molecule has 1 atom stereocenters. The summed E-state index contributed by atoms with van der Waals surface area (Å²) in [4.78, 5) is 0. The fourth-order valence-corrected chi connectivity index (χ4v) is 2.95. The number of hydrogen-bond acceptors (Lipinski definition) is 2. The van der Waals surface area contributed by atoms with Gasteiger partial charge in [0.2, 0.25) is 0 Å². The lowest BCUT2D eigenvalue weighted by atomic mass is 9.99. The summed E-state index contributed by atoms with van der Waals surface area (Å²) in [5, 5.41) is 0.678. The standard InChI is InChI=1S/C11H25NS/c1-5-10(6-2)11(7-12)13-8-9(3)4/h9-11H,5-8,12H2,1-4H3. The van der Waals surface area contributed by atoms with Crippen molar-refractivity contribution < 1.29 is 0 Å². The average molecular weight is 203 g/mol. The van der Waals surface area contributed by atoms with Gasteiger partial charge in [0.15, 0.2) is 0 Å². The molecule has 0 aliphatic rings. The number of rotatable bonds is 7. The van der Waals surface area contributed by atoms with E-state index in [-0.39, 0.29) is 0 Å². The maximum atomic E-state index is 5.79. The van der Waals surface area contributed by atoms with Crippen LogP contribution in [0.5, 0.6) is 0 Å². The highest BCUT2D eigenvalue weighted by molar-refractivity contribution is 7.99. The molecule has 0 aliphatic heterocycles. The SMILES string of the molecule is CCC(CC)C(CN)SCC(C)C. The first kappa shape index (κ1) is 13.3. The third kappa shape index (κ3) is 5.58. The van der Waals surface area contributed by atoms with E-state index >= 15 is 0 Å². The van der Waals surface area contributed by atoms with Crippen LogP contribution in [0.4, 0.5) is 0 Å². The highest BCUT2D eigenvalue weighted by atomic mass is 32.2. The number of thioether (sulfide) groups is 1. The van der Waals surface area contributed by atoms with E-state index < -0.39 is 0 Å². The van der Waals surface area contributed by atoms with Crippen molar-refractivity contribution in [2.24, 2.45) is 17.6 Å². The molecule has 0 saturated carbocycles. The Bertz CT molecular complexity index is 111. The van der Waals surface area contributed by atoms with E-state index in [4.69, 9.17) is 5.73 Å². The van der Waals surface area contributed by atoms with Gasteiger partial charge in [-0.2, -0.15) is 11.8 Å². The molecule has 2 N–H and O–H groups in total. The van der Waals surface area contributed by atoms with Gasteiger partial charge in [-0.3, -0.25) is 0 Å². The number of hydrogen-bond donors (Lipinski definition) is 1. The largest absolute Gasteiger partial charge is 0.329 e. The van der Waals surface area contributed by atoms with E-state index in [2.05, 4.69) is 39.5 Å². The zero-order valence-electron chi connectivity index (χ0n) is 9.55. The zero-order chi connectivity index (χ0) is 10.3. The van der Waals surface area contributed by atoms with E-state index in [1.54, 1.807) is 0 Å². The van der Waals surface area contributed by atoms with Crippen LogP contribution in [0.3, 0.4) is 0 Å². The maximum Gasteiger partial charge on any atom is 0.0198 e. The Morgan fingerprint density at radius 1 is 1.15 bits per heavy atom. The lowest BCUT2D eigenvalue weighted by Gasteiger charge is -2.24. The van der Waals surface area contributed by atoms with Crippen molar-refractivity contribution in [2.45, 2.75) is 45.8 Å². The predicted octanol–water partition coefficient (Wildman–Crippen LogP) is 3.14. The van der Waals surface area contributed by atoms with Gasteiger partial charge < -0.3 is 5.73 Å².